The van der Waals surface area contributed by atoms with Crippen molar-refractivity contribution in [3.8, 4) is 0 Å². The number of hydrogen-bond acceptors (Lipinski definition) is 42. The number of aliphatic hydroxyl groups is 4. The topological polar surface area (TPSA) is 750 Å². The summed E-state index contributed by atoms with van der Waals surface area (Å²) in [5.41, 5.74) is 9.96. The number of carbonyl (C=O) groups is 6. The number of imidazole rings is 2. The monoisotopic (exact) mass is 1810 g/mol. The summed E-state index contributed by atoms with van der Waals surface area (Å²) in [6, 6.07) is 8.19. The van der Waals surface area contributed by atoms with Gasteiger partial charge in [-0.2, -0.15) is 0 Å². The van der Waals surface area contributed by atoms with Gasteiger partial charge in [0.1, 0.15) is 84.1 Å². The van der Waals surface area contributed by atoms with Crippen LogP contribution in [0.2, 0.25) is 0 Å². The van der Waals surface area contributed by atoms with E-state index in [1.54, 1.807) is 0 Å². The normalized spacial score (nSPS) is 22.2. The van der Waals surface area contributed by atoms with Gasteiger partial charge in [0.05, 0.1) is 54.7 Å². The fourth-order valence-electron chi connectivity index (χ4n) is 13.2. The first-order valence-corrected chi connectivity index (χ1v) is 46.3. The molecule has 3 fully saturated rings. The van der Waals surface area contributed by atoms with Crippen LogP contribution in [0.1, 0.15) is 155 Å². The van der Waals surface area contributed by atoms with Crippen LogP contribution in [-0.4, -0.2) is 196 Å². The lowest BCUT2D eigenvalue weighted by Crippen LogP contribution is -2.46. The highest BCUT2D eigenvalue weighted by Gasteiger charge is 2.50. The highest BCUT2D eigenvalue weighted by atomic mass is 31.3. The van der Waals surface area contributed by atoms with Crippen LogP contribution in [0.25, 0.3) is 22.3 Å². The van der Waals surface area contributed by atoms with Crippen molar-refractivity contribution in [2.75, 3.05) is 64.1 Å². The lowest BCUT2D eigenvalue weighted by Gasteiger charge is -2.36. The number of hydrogen-bond donors (Lipinski definition) is 10. The largest absolute Gasteiger partial charge is 0.790 e. The molecule has 0 radical (unpaired) electrons. The zero-order chi connectivity index (χ0) is 88.8. The van der Waals surface area contributed by atoms with Crippen molar-refractivity contribution in [2.24, 2.45) is 21.7 Å². The highest BCUT2D eigenvalue weighted by Crippen LogP contribution is 2.59. The van der Waals surface area contributed by atoms with Gasteiger partial charge in [-0.25, -0.2) is 38.5 Å². The maximum absolute atomic E-state index is 13.1. The molecule has 1 aliphatic carbocycles. The predicted molar refractivity (Wildman–Crippen MR) is 397 cm³/mol. The molecule has 6 heterocycles. The lowest BCUT2D eigenvalue weighted by atomic mass is 9.81. The van der Waals surface area contributed by atoms with E-state index >= 15 is 0 Å². The van der Waals surface area contributed by atoms with Crippen molar-refractivity contribution in [1.29, 1.82) is 0 Å². The number of nitrogens with one attached hydrogen (secondary N) is 4. The standard InChI is InChI=1S/C66H104N14O34P6/c1-63(2,29-41(81)17-25-69-45(83)19-27-71-59(89)53(87)64(3,4)33-107-119(101,102)113-117(97,98)105-31-43-51(111-115(91,92)93)49(85)61(109-43)79-37-77-47-55(67)73-35-75-57(47)79)21-11-9-15-39-13-7-8-14-40(39)16-10-12-22-66(23-24-66)30-42(82)18-26-70-46(84)20-28-72-60(90)54(88)65(5,6)34-108-120(103,104)114-118(99,100)106-32-44-52(112-116(94,95)96)50(86)62(110-44)80-38-78-48-56(68)74-36-76-58(48)80/h7-8,13-14,35-38,43-44,49-54,61-62,85-88H,9-12,15-34H2,1-6H3,(H,69,83)(H,70,84)(H,71,89)(H,72,90)(H,97,98)(H,99,100)(H,101,102)(H,103,104)(H2,67,73,75)(H2,68,74,76)(H2,91,92,93)(H2,94,95,96)/p-8. The number of aromatic nitrogens is 8. The van der Waals surface area contributed by atoms with Crippen LogP contribution in [0.3, 0.4) is 0 Å². The molecule has 3 aliphatic rings. The molecule has 2 aliphatic heterocycles. The summed E-state index contributed by atoms with van der Waals surface area (Å²) in [7, 11) is -35.6. The number of nitrogens with zero attached hydrogens (tertiary/aromatic N) is 8. The third-order valence-electron chi connectivity index (χ3n) is 19.8. The Labute approximate surface area is 686 Å². The van der Waals surface area contributed by atoms with Crippen LogP contribution in [0.15, 0.2) is 49.6 Å². The third kappa shape index (κ3) is 29.9. The number of phosphoric acid groups is 6. The predicted octanol–water partition coefficient (Wildman–Crippen LogP) is -2.60. The van der Waals surface area contributed by atoms with E-state index in [1.807, 2.05) is 26.0 Å². The maximum atomic E-state index is 13.1. The Hall–Kier alpha value is -6.36. The minimum absolute atomic E-state index is 0.00792. The third-order valence-corrected chi connectivity index (χ3v) is 25.9. The first-order chi connectivity index (χ1) is 55.8. The number of unbranched alkanes of at least 4 members (excludes halogenated alkanes) is 2. The second-order valence-electron chi connectivity index (χ2n) is 31.2. The number of ketones is 2. The molecule has 120 heavy (non-hydrogen) atoms. The molecule has 12 N–H and O–H groups in total. The van der Waals surface area contributed by atoms with Gasteiger partial charge >= 0.3 is 0 Å². The number of Topliss-reactive ketones (excluding diaryl/α,β-unsaturated/α-hetero) is 2. The zero-order valence-electron chi connectivity index (χ0n) is 65.8. The summed E-state index contributed by atoms with van der Waals surface area (Å²) in [4.78, 5) is 198. The Balaban J connectivity index is 0.637. The fraction of sp³-hybridized carbons (Fsp3) is 0.667. The Morgan fingerprint density at radius 1 is 0.550 bits per heavy atom. The summed E-state index contributed by atoms with van der Waals surface area (Å²) in [5, 5.41) is 53.3. The van der Waals surface area contributed by atoms with Crippen LogP contribution in [0.4, 0.5) is 11.6 Å². The smallest absolute Gasteiger partial charge is 0.274 e. The SMILES string of the molecule is CC(C)(CCCCc1ccccc1CCCCC1(CC(=O)CCNC(=O)CCNC(=O)C(O)C(C)(C)COP(=O)([O-])OP(=O)([O-])OCC2OC(n3cnc4c(N)ncnc43)C(O)C2OP(=O)([O-])[O-])CC1)CC(=O)CCNC(=O)CCNC(=O)C(O)C(C)(C)COP(=O)([O-])OP(=O)([O-])OCC1OC(n2cnc3c(N)ncnc32)C(O)C1OP(=O)([O-])[O-]. The molecule has 48 nitrogen and oxygen atoms in total. The molecule has 5 aromatic rings. The quantitative estimate of drug-likeness (QED) is 0.0141. The van der Waals surface area contributed by atoms with Crippen LogP contribution < -0.4 is 71.9 Å². The molecule has 672 valence electrons. The van der Waals surface area contributed by atoms with Crippen molar-refractivity contribution in [3.63, 3.8) is 0 Å². The van der Waals surface area contributed by atoms with Gasteiger partial charge in [0.25, 0.3) is 31.3 Å². The molecular weight excluding hydrogens is 1720 g/mol. The molecule has 4 amide bonds. The number of fused-ring (bicyclic) bond motifs is 2. The van der Waals surface area contributed by atoms with Gasteiger partial charge in [0.2, 0.25) is 23.6 Å². The van der Waals surface area contributed by atoms with Crippen molar-refractivity contribution >= 4 is 116 Å². The molecule has 2 saturated heterocycles. The number of phosphoric ester groups is 6. The Bertz CT molecular complexity index is 4440. The van der Waals surface area contributed by atoms with Gasteiger partial charge in [0.15, 0.2) is 35.4 Å². The van der Waals surface area contributed by atoms with Crippen LogP contribution in [0.5, 0.6) is 0 Å². The minimum atomic E-state index is -5.99. The van der Waals surface area contributed by atoms with Gasteiger partial charge < -0.3 is 138 Å². The fourth-order valence-corrected chi connectivity index (χ4v) is 18.7. The molecule has 0 bridgehead atoms. The number of ether oxygens (including phenoxy) is 2. The average Bonchev–Trinajstić information content (AvgIpc) is 1.63. The van der Waals surface area contributed by atoms with E-state index in [1.165, 1.54) is 38.8 Å². The number of anilines is 2. The number of aryl methyl sites for hydroxylation is 2. The van der Waals surface area contributed by atoms with Crippen molar-refractivity contribution < 1.29 is 161 Å². The average molecular weight is 1820 g/mol. The van der Waals surface area contributed by atoms with E-state index in [9.17, 15) is 116 Å². The van der Waals surface area contributed by atoms with Crippen LogP contribution >= 0.6 is 46.9 Å². The van der Waals surface area contributed by atoms with Crippen LogP contribution in [-0.2, 0) is 114 Å². The number of aliphatic hydroxyl groups excluding tert-OH is 4. The molecule has 14 atom stereocenters. The molecule has 1 aromatic carbocycles. The first-order valence-electron chi connectivity index (χ1n) is 37.5. The Morgan fingerprint density at radius 2 is 0.942 bits per heavy atom. The number of benzene rings is 1. The molecule has 4 aromatic heterocycles. The van der Waals surface area contributed by atoms with Gasteiger partial charge in [-0.3, -0.25) is 56.2 Å². The summed E-state index contributed by atoms with van der Waals surface area (Å²) < 4.78 is 123. The molecule has 54 heteroatoms. The molecule has 8 rings (SSSR count). The summed E-state index contributed by atoms with van der Waals surface area (Å²) in [5.74, 6) is -3.51. The van der Waals surface area contributed by atoms with Crippen molar-refractivity contribution in [2.45, 2.75) is 206 Å². The maximum Gasteiger partial charge on any atom is 0.274 e. The van der Waals surface area contributed by atoms with Crippen molar-refractivity contribution in [1.82, 2.24) is 60.3 Å². The lowest BCUT2D eigenvalue weighted by molar-refractivity contribution is -0.348. The summed E-state index contributed by atoms with van der Waals surface area (Å²) >= 11 is 0. The van der Waals surface area contributed by atoms with Crippen LogP contribution in [0, 0.1) is 21.7 Å². The Kier molecular flexibility index (Phi) is 34.4. The van der Waals surface area contributed by atoms with E-state index in [2.05, 4.69) is 99.1 Å². The van der Waals surface area contributed by atoms with E-state index in [-0.39, 0.29) is 115 Å². The molecule has 1 saturated carbocycles. The van der Waals surface area contributed by atoms with Gasteiger partial charge in [-0.15, -0.1) is 0 Å². The number of nitrogens with two attached hydrogens (primary N) is 2. The second kappa shape index (κ2) is 41.6. The number of amides is 4. The van der Waals surface area contributed by atoms with E-state index in [0.717, 1.165) is 98.7 Å². The molecule has 14 unspecified atom stereocenters. The van der Waals surface area contributed by atoms with E-state index in [0.29, 0.717) is 6.42 Å². The Morgan fingerprint density at radius 3 is 1.35 bits per heavy atom. The zero-order valence-corrected chi connectivity index (χ0v) is 71.2. The number of rotatable bonds is 52. The highest BCUT2D eigenvalue weighted by molar-refractivity contribution is 7.60. The van der Waals surface area contributed by atoms with E-state index < -0.39 is 169 Å². The summed E-state index contributed by atoms with van der Waals surface area (Å²) in [6.45, 7) is 3.41. The summed E-state index contributed by atoms with van der Waals surface area (Å²) in [6.07, 6.45) is -6.59. The molecule has 0 spiro atoms. The first kappa shape index (κ1) is 99.1. The van der Waals surface area contributed by atoms with Gasteiger partial charge in [-0.05, 0) is 73.3 Å². The number of nitrogen functional groups attached to an aromatic ring is 2. The molecular formula is C66H96N14O34P6-8. The minimum Gasteiger partial charge on any atom is -0.790 e. The van der Waals surface area contributed by atoms with E-state index in [4.69, 9.17) is 20.9 Å². The second-order valence-corrected chi connectivity index (χ2v) is 39.4. The number of carbonyl (C=O) groups excluding carboxylic acids is 6. The van der Waals surface area contributed by atoms with Gasteiger partial charge in [-0.1, -0.05) is 78.6 Å². The van der Waals surface area contributed by atoms with Gasteiger partial charge in [0, 0.05) is 75.5 Å². The van der Waals surface area contributed by atoms with Crippen molar-refractivity contribution in [3.05, 3.63) is 60.7 Å².